The van der Waals surface area contributed by atoms with Crippen LogP contribution in [0.5, 0.6) is 0 Å². The number of carbonyl (C=O) groups excluding carboxylic acids is 1. The topological polar surface area (TPSA) is 38.1 Å². The van der Waals surface area contributed by atoms with Crippen LogP contribution in [0.2, 0.25) is 0 Å². The number of aryl methyl sites for hydroxylation is 1. The molecule has 0 spiro atoms. The molecule has 1 aliphatic rings. The van der Waals surface area contributed by atoms with Crippen LogP contribution in [0.15, 0.2) is 30.6 Å². The molecular weight excluding hydrogens is 214 g/mol. The third-order valence-corrected chi connectivity index (χ3v) is 3.20. The van der Waals surface area contributed by atoms with Gasteiger partial charge in [0, 0.05) is 7.05 Å². The van der Waals surface area contributed by atoms with Crippen molar-refractivity contribution in [3.63, 3.8) is 0 Å². The Morgan fingerprint density at radius 1 is 1.29 bits per heavy atom. The van der Waals surface area contributed by atoms with Gasteiger partial charge >= 0.3 is 0 Å². The highest BCUT2D eigenvalue weighted by Gasteiger charge is 2.24. The summed E-state index contributed by atoms with van der Waals surface area (Å²) in [5.74, 6) is 0.0590. The molecule has 3 rings (SSSR count). The highest BCUT2D eigenvalue weighted by atomic mass is 16.2. The van der Waals surface area contributed by atoms with Gasteiger partial charge in [0.2, 0.25) is 0 Å². The van der Waals surface area contributed by atoms with Gasteiger partial charge in [0.05, 0.1) is 35.5 Å². The van der Waals surface area contributed by atoms with Crippen LogP contribution in [0.4, 0.5) is 0 Å². The van der Waals surface area contributed by atoms with E-state index in [0.717, 1.165) is 22.6 Å². The molecule has 0 unspecified atom stereocenters. The van der Waals surface area contributed by atoms with E-state index in [9.17, 15) is 4.79 Å². The minimum Gasteiger partial charge on any atom is -0.336 e. The molecule has 0 N–H and O–H groups in total. The first kappa shape index (κ1) is 10.1. The van der Waals surface area contributed by atoms with E-state index in [4.69, 9.17) is 0 Å². The number of hydrogen-bond acceptors (Lipinski definition) is 2. The second-order valence-corrected chi connectivity index (χ2v) is 4.33. The van der Waals surface area contributed by atoms with Crippen molar-refractivity contribution in [3.8, 4) is 5.69 Å². The number of carbonyl (C=O) groups is 1. The van der Waals surface area contributed by atoms with Gasteiger partial charge in [0.1, 0.15) is 0 Å². The first-order chi connectivity index (χ1) is 8.18. The maximum atomic E-state index is 12.2. The first-order valence-electron chi connectivity index (χ1n) is 5.56. The molecule has 0 bridgehead atoms. The van der Waals surface area contributed by atoms with Gasteiger partial charge in [-0.15, -0.1) is 0 Å². The molecule has 2 aromatic rings. The molecule has 0 atom stereocenters. The number of imidazole rings is 1. The molecule has 4 heteroatoms. The minimum atomic E-state index is 0.0590. The van der Waals surface area contributed by atoms with Crippen LogP contribution in [0, 0.1) is 6.92 Å². The van der Waals surface area contributed by atoms with Crippen LogP contribution in [0.1, 0.15) is 21.7 Å². The zero-order valence-electron chi connectivity index (χ0n) is 9.84. The summed E-state index contributed by atoms with van der Waals surface area (Å²) in [6.07, 6.45) is 1.79. The van der Waals surface area contributed by atoms with Crippen molar-refractivity contribution in [1.82, 2.24) is 14.5 Å². The zero-order chi connectivity index (χ0) is 12.0. The molecule has 2 heterocycles. The van der Waals surface area contributed by atoms with Gasteiger partial charge in [-0.05, 0) is 19.1 Å². The summed E-state index contributed by atoms with van der Waals surface area (Å²) in [5.41, 5.74) is 3.69. The zero-order valence-corrected chi connectivity index (χ0v) is 9.84. The molecule has 0 aliphatic carbocycles. The molecule has 1 aromatic heterocycles. The maximum Gasteiger partial charge on any atom is 0.256 e. The van der Waals surface area contributed by atoms with Crippen molar-refractivity contribution >= 4 is 5.91 Å². The van der Waals surface area contributed by atoms with E-state index < -0.39 is 0 Å². The average Bonchev–Trinajstić information content (AvgIpc) is 2.65. The highest BCUT2D eigenvalue weighted by Crippen LogP contribution is 2.24. The summed E-state index contributed by atoms with van der Waals surface area (Å²) in [7, 11) is 1.82. The van der Waals surface area contributed by atoms with Crippen LogP contribution < -0.4 is 0 Å². The lowest BCUT2D eigenvalue weighted by atomic mass is 10.1. The minimum absolute atomic E-state index is 0.0590. The number of hydrogen-bond donors (Lipinski definition) is 0. The van der Waals surface area contributed by atoms with Crippen molar-refractivity contribution in [2.75, 3.05) is 7.05 Å². The lowest BCUT2D eigenvalue weighted by molar-refractivity contribution is 0.0788. The Balaban J connectivity index is 2.33. The molecule has 1 amide bonds. The Hall–Kier alpha value is -2.10. The van der Waals surface area contributed by atoms with Crippen LogP contribution in [-0.4, -0.2) is 27.4 Å². The van der Waals surface area contributed by atoms with Crippen LogP contribution in [0.3, 0.4) is 0 Å². The third kappa shape index (κ3) is 1.37. The summed E-state index contributed by atoms with van der Waals surface area (Å²) in [6, 6.07) is 7.64. The number of amides is 1. The van der Waals surface area contributed by atoms with Gasteiger partial charge in [-0.1, -0.05) is 12.1 Å². The summed E-state index contributed by atoms with van der Waals surface area (Å²) in [6.45, 7) is 2.57. The van der Waals surface area contributed by atoms with Crippen molar-refractivity contribution < 1.29 is 4.79 Å². The maximum absolute atomic E-state index is 12.2. The number of para-hydroxylation sites is 1. The van der Waals surface area contributed by atoms with E-state index in [1.807, 2.05) is 42.8 Å². The van der Waals surface area contributed by atoms with E-state index in [0.29, 0.717) is 6.54 Å². The molecule has 1 aromatic carbocycles. The SMILES string of the molecule is Cc1ncn2c1CN(C)C(=O)c1ccccc1-2. The fourth-order valence-corrected chi connectivity index (χ4v) is 2.23. The van der Waals surface area contributed by atoms with Crippen molar-refractivity contribution in [1.29, 1.82) is 0 Å². The number of nitrogens with zero attached hydrogens (tertiary/aromatic N) is 3. The number of benzene rings is 1. The predicted octanol–water partition coefficient (Wildman–Crippen LogP) is 1.77. The lowest BCUT2D eigenvalue weighted by Crippen LogP contribution is -2.25. The molecule has 0 radical (unpaired) electrons. The second kappa shape index (κ2) is 3.45. The van der Waals surface area contributed by atoms with Gasteiger partial charge in [0.25, 0.3) is 5.91 Å². The number of aromatic nitrogens is 2. The molecule has 17 heavy (non-hydrogen) atoms. The van der Waals surface area contributed by atoms with E-state index in [1.54, 1.807) is 11.2 Å². The Morgan fingerprint density at radius 3 is 2.88 bits per heavy atom. The quantitative estimate of drug-likeness (QED) is 0.688. The molecule has 0 fully saturated rings. The fraction of sp³-hybridized carbons (Fsp3) is 0.231. The smallest absolute Gasteiger partial charge is 0.256 e. The lowest BCUT2D eigenvalue weighted by Gasteiger charge is -2.13. The summed E-state index contributed by atoms with van der Waals surface area (Å²) >= 11 is 0. The van der Waals surface area contributed by atoms with Gasteiger partial charge in [0.15, 0.2) is 0 Å². The van der Waals surface area contributed by atoms with E-state index >= 15 is 0 Å². The average molecular weight is 227 g/mol. The monoisotopic (exact) mass is 227 g/mol. The molecule has 1 aliphatic heterocycles. The number of fused-ring (bicyclic) bond motifs is 3. The van der Waals surface area contributed by atoms with Crippen molar-refractivity contribution in [2.45, 2.75) is 13.5 Å². The Labute approximate surface area is 99.5 Å². The molecule has 0 saturated carbocycles. The predicted molar refractivity (Wildman–Crippen MR) is 64.1 cm³/mol. The molecule has 86 valence electrons. The highest BCUT2D eigenvalue weighted by molar-refractivity contribution is 5.98. The third-order valence-electron chi connectivity index (χ3n) is 3.20. The van der Waals surface area contributed by atoms with Gasteiger partial charge in [-0.3, -0.25) is 4.79 Å². The summed E-state index contributed by atoms with van der Waals surface area (Å²) in [4.78, 5) is 18.3. The standard InChI is InChI=1S/C13H13N3O/c1-9-12-7-15(2)13(17)10-5-3-4-6-11(10)16(12)8-14-9/h3-6,8H,7H2,1-2H3. The molecule has 0 saturated heterocycles. The first-order valence-corrected chi connectivity index (χ1v) is 5.56. The largest absolute Gasteiger partial charge is 0.336 e. The van der Waals surface area contributed by atoms with Gasteiger partial charge < -0.3 is 9.47 Å². The van der Waals surface area contributed by atoms with Crippen molar-refractivity contribution in [3.05, 3.63) is 47.5 Å². The van der Waals surface area contributed by atoms with Gasteiger partial charge in [-0.25, -0.2) is 4.98 Å². The van der Waals surface area contributed by atoms with Gasteiger partial charge in [-0.2, -0.15) is 0 Å². The van der Waals surface area contributed by atoms with Crippen LogP contribution in [0.25, 0.3) is 5.69 Å². The Morgan fingerprint density at radius 2 is 2.06 bits per heavy atom. The Kier molecular flexibility index (Phi) is 2.04. The molecule has 4 nitrogen and oxygen atoms in total. The molecular formula is C13H13N3O. The normalized spacial score (nSPS) is 14.2. The summed E-state index contributed by atoms with van der Waals surface area (Å²) in [5, 5.41) is 0. The van der Waals surface area contributed by atoms with Crippen LogP contribution >= 0.6 is 0 Å². The van der Waals surface area contributed by atoms with E-state index in [2.05, 4.69) is 4.98 Å². The van der Waals surface area contributed by atoms with Crippen molar-refractivity contribution in [2.24, 2.45) is 0 Å². The van der Waals surface area contributed by atoms with Crippen LogP contribution in [-0.2, 0) is 6.54 Å². The van der Waals surface area contributed by atoms with E-state index in [1.165, 1.54) is 0 Å². The summed E-state index contributed by atoms with van der Waals surface area (Å²) < 4.78 is 2.01. The second-order valence-electron chi connectivity index (χ2n) is 4.33. The fourth-order valence-electron chi connectivity index (χ4n) is 2.23. The Bertz CT molecular complexity index is 600. The number of rotatable bonds is 0. The van der Waals surface area contributed by atoms with E-state index in [-0.39, 0.29) is 5.91 Å².